The molecule has 0 saturated heterocycles. The van der Waals surface area contributed by atoms with Crippen molar-refractivity contribution in [3.8, 4) is 11.1 Å². The molecule has 4 aromatic rings. The van der Waals surface area contributed by atoms with E-state index in [0.717, 1.165) is 10.0 Å². The van der Waals surface area contributed by atoms with Crippen LogP contribution >= 0.6 is 15.9 Å². The molecule has 0 aliphatic carbocycles. The lowest BCUT2D eigenvalue weighted by Gasteiger charge is -2.13. The first-order valence-electron chi connectivity index (χ1n) is 6.70. The van der Waals surface area contributed by atoms with E-state index in [4.69, 9.17) is 0 Å². The van der Waals surface area contributed by atoms with Crippen molar-refractivity contribution in [1.82, 2.24) is 9.97 Å². The van der Waals surface area contributed by atoms with Crippen LogP contribution in [-0.2, 0) is 0 Å². The van der Waals surface area contributed by atoms with Gasteiger partial charge < -0.3 is 0 Å². The van der Waals surface area contributed by atoms with Crippen LogP contribution in [0.15, 0.2) is 71.7 Å². The minimum atomic E-state index is 1.04. The number of benzene rings is 3. The standard InChI is InChI=1S/C18H11BrN2/c19-18-15-7-3-1-5-13(15)17(12-9-20-11-21-10-12)14-6-2-4-8-16(14)18/h1-11H. The number of rotatable bonds is 1. The molecule has 0 radical (unpaired) electrons. The van der Waals surface area contributed by atoms with E-state index in [1.54, 1.807) is 6.33 Å². The Morgan fingerprint density at radius 3 is 1.67 bits per heavy atom. The highest BCUT2D eigenvalue weighted by atomic mass is 79.9. The average molecular weight is 335 g/mol. The van der Waals surface area contributed by atoms with Gasteiger partial charge in [-0.05, 0) is 37.5 Å². The van der Waals surface area contributed by atoms with E-state index in [-0.39, 0.29) is 0 Å². The van der Waals surface area contributed by atoms with Gasteiger partial charge in [-0.2, -0.15) is 0 Å². The third-order valence-electron chi connectivity index (χ3n) is 3.71. The first-order valence-corrected chi connectivity index (χ1v) is 7.50. The molecule has 21 heavy (non-hydrogen) atoms. The molecular formula is C18H11BrN2. The zero-order valence-corrected chi connectivity index (χ0v) is 12.7. The van der Waals surface area contributed by atoms with Crippen molar-refractivity contribution in [1.29, 1.82) is 0 Å². The van der Waals surface area contributed by atoms with E-state index >= 15 is 0 Å². The Morgan fingerprint density at radius 1 is 0.667 bits per heavy atom. The predicted octanol–water partition coefficient (Wildman–Crippen LogP) is 5.21. The fraction of sp³-hybridized carbons (Fsp3) is 0. The second-order valence-corrected chi connectivity index (χ2v) is 5.70. The Hall–Kier alpha value is -2.26. The van der Waals surface area contributed by atoms with Gasteiger partial charge in [0, 0.05) is 28.0 Å². The van der Waals surface area contributed by atoms with Crippen molar-refractivity contribution in [2.24, 2.45) is 0 Å². The fourth-order valence-corrected chi connectivity index (χ4v) is 3.51. The summed E-state index contributed by atoms with van der Waals surface area (Å²) in [6.07, 6.45) is 5.30. The van der Waals surface area contributed by atoms with Crippen LogP contribution in [0.1, 0.15) is 0 Å². The van der Waals surface area contributed by atoms with Crippen LogP contribution in [0.5, 0.6) is 0 Å². The SMILES string of the molecule is Brc1c2ccccc2c(-c2cncnc2)c2ccccc12. The van der Waals surface area contributed by atoms with Gasteiger partial charge in [0.15, 0.2) is 0 Å². The lowest BCUT2D eigenvalue weighted by molar-refractivity contribution is 1.17. The summed E-state index contributed by atoms with van der Waals surface area (Å²) >= 11 is 3.76. The molecule has 0 aliphatic rings. The van der Waals surface area contributed by atoms with Gasteiger partial charge in [-0.15, -0.1) is 0 Å². The van der Waals surface area contributed by atoms with E-state index < -0.39 is 0 Å². The van der Waals surface area contributed by atoms with Gasteiger partial charge in [-0.1, -0.05) is 48.5 Å². The topological polar surface area (TPSA) is 25.8 Å². The molecule has 1 heterocycles. The highest BCUT2D eigenvalue weighted by Gasteiger charge is 2.13. The van der Waals surface area contributed by atoms with Crippen LogP contribution in [0.2, 0.25) is 0 Å². The first kappa shape index (κ1) is 12.5. The lowest BCUT2D eigenvalue weighted by atomic mass is 9.93. The number of hydrogen-bond donors (Lipinski definition) is 0. The number of fused-ring (bicyclic) bond motifs is 2. The van der Waals surface area contributed by atoms with Crippen molar-refractivity contribution in [2.45, 2.75) is 0 Å². The van der Waals surface area contributed by atoms with Crippen LogP contribution in [0.25, 0.3) is 32.7 Å². The van der Waals surface area contributed by atoms with Gasteiger partial charge >= 0.3 is 0 Å². The molecule has 0 spiro atoms. The molecule has 0 atom stereocenters. The summed E-state index contributed by atoms with van der Waals surface area (Å²) in [7, 11) is 0. The van der Waals surface area contributed by atoms with Crippen molar-refractivity contribution in [3.63, 3.8) is 0 Å². The van der Waals surface area contributed by atoms with Crippen LogP contribution in [0, 0.1) is 0 Å². The highest BCUT2D eigenvalue weighted by Crippen LogP contribution is 2.40. The molecule has 1 aromatic heterocycles. The smallest absolute Gasteiger partial charge is 0.115 e. The molecule has 0 unspecified atom stereocenters. The Bertz CT molecular complexity index is 892. The van der Waals surface area contributed by atoms with E-state index in [0.29, 0.717) is 0 Å². The zero-order valence-electron chi connectivity index (χ0n) is 11.1. The van der Waals surface area contributed by atoms with Crippen LogP contribution in [0.3, 0.4) is 0 Å². The van der Waals surface area contributed by atoms with Crippen LogP contribution < -0.4 is 0 Å². The van der Waals surface area contributed by atoms with Crippen LogP contribution in [-0.4, -0.2) is 9.97 Å². The first-order chi connectivity index (χ1) is 10.4. The van der Waals surface area contributed by atoms with Gasteiger partial charge in [0.25, 0.3) is 0 Å². The third-order valence-corrected chi connectivity index (χ3v) is 4.57. The Labute approximate surface area is 130 Å². The maximum Gasteiger partial charge on any atom is 0.115 e. The second kappa shape index (κ2) is 4.93. The molecule has 4 rings (SSSR count). The third kappa shape index (κ3) is 1.93. The Balaban J connectivity index is 2.28. The maximum absolute atomic E-state index is 4.17. The molecule has 0 bridgehead atoms. The number of aromatic nitrogens is 2. The van der Waals surface area contributed by atoms with E-state index in [1.165, 1.54) is 27.1 Å². The molecule has 3 heteroatoms. The van der Waals surface area contributed by atoms with Gasteiger partial charge in [0.05, 0.1) is 0 Å². The van der Waals surface area contributed by atoms with Crippen LogP contribution in [0.4, 0.5) is 0 Å². The van der Waals surface area contributed by atoms with Crippen molar-refractivity contribution >= 4 is 37.5 Å². The summed E-state index contributed by atoms with van der Waals surface area (Å²) < 4.78 is 1.13. The summed E-state index contributed by atoms with van der Waals surface area (Å²) in [5.74, 6) is 0. The van der Waals surface area contributed by atoms with Crippen molar-refractivity contribution in [2.75, 3.05) is 0 Å². The number of halogens is 1. The minimum absolute atomic E-state index is 1.04. The number of nitrogens with zero attached hydrogens (tertiary/aromatic N) is 2. The fourth-order valence-electron chi connectivity index (χ4n) is 2.81. The van der Waals surface area contributed by atoms with Gasteiger partial charge in [-0.3, -0.25) is 0 Å². The molecule has 3 aromatic carbocycles. The molecule has 0 aliphatic heterocycles. The predicted molar refractivity (Wildman–Crippen MR) is 90.2 cm³/mol. The highest BCUT2D eigenvalue weighted by molar-refractivity contribution is 9.10. The summed E-state index contributed by atoms with van der Waals surface area (Å²) in [5, 5.41) is 4.82. The summed E-state index contributed by atoms with van der Waals surface area (Å²) in [5.41, 5.74) is 2.22. The monoisotopic (exact) mass is 334 g/mol. The molecule has 0 saturated carbocycles. The number of hydrogen-bond acceptors (Lipinski definition) is 2. The molecule has 100 valence electrons. The van der Waals surface area contributed by atoms with Gasteiger partial charge in [0.2, 0.25) is 0 Å². The Morgan fingerprint density at radius 2 is 1.14 bits per heavy atom. The average Bonchev–Trinajstić information content (AvgIpc) is 2.56. The quantitative estimate of drug-likeness (QED) is 0.446. The summed E-state index contributed by atoms with van der Waals surface area (Å²) in [6.45, 7) is 0. The minimum Gasteiger partial charge on any atom is -0.244 e. The largest absolute Gasteiger partial charge is 0.244 e. The van der Waals surface area contributed by atoms with E-state index in [9.17, 15) is 0 Å². The second-order valence-electron chi connectivity index (χ2n) is 4.91. The normalized spacial score (nSPS) is 11.1. The van der Waals surface area contributed by atoms with Gasteiger partial charge in [-0.25, -0.2) is 9.97 Å². The maximum atomic E-state index is 4.17. The molecule has 0 fully saturated rings. The van der Waals surface area contributed by atoms with E-state index in [2.05, 4.69) is 74.4 Å². The molecular weight excluding hydrogens is 324 g/mol. The van der Waals surface area contributed by atoms with Crippen molar-refractivity contribution < 1.29 is 0 Å². The van der Waals surface area contributed by atoms with Crippen molar-refractivity contribution in [3.05, 3.63) is 71.7 Å². The molecule has 0 amide bonds. The molecule has 0 N–H and O–H groups in total. The van der Waals surface area contributed by atoms with Gasteiger partial charge in [0.1, 0.15) is 6.33 Å². The molecule has 2 nitrogen and oxygen atoms in total. The zero-order chi connectivity index (χ0) is 14.2. The summed E-state index contributed by atoms with van der Waals surface area (Å²) in [6, 6.07) is 16.8. The van der Waals surface area contributed by atoms with E-state index in [1.807, 2.05) is 12.4 Å². The lowest BCUT2D eigenvalue weighted by Crippen LogP contribution is -1.88. The Kier molecular flexibility index (Phi) is 2.93. The summed E-state index contributed by atoms with van der Waals surface area (Å²) in [4.78, 5) is 8.35.